The van der Waals surface area contributed by atoms with Crippen LogP contribution in [0.5, 0.6) is 0 Å². The van der Waals surface area contributed by atoms with E-state index in [9.17, 15) is 9.59 Å². The lowest BCUT2D eigenvalue weighted by Crippen LogP contribution is -2.57. The minimum atomic E-state index is -0.157. The van der Waals surface area contributed by atoms with Gasteiger partial charge in [-0.15, -0.1) is 0 Å². The van der Waals surface area contributed by atoms with E-state index in [1.807, 2.05) is 14.1 Å². The molecule has 1 saturated carbocycles. The number of amides is 1. The highest BCUT2D eigenvalue weighted by Gasteiger charge is 2.39. The summed E-state index contributed by atoms with van der Waals surface area (Å²) in [4.78, 5) is 24.2. The zero-order chi connectivity index (χ0) is 11.5. The molecular weight excluding hydrogens is 192 g/mol. The predicted molar refractivity (Wildman–Crippen MR) is 58.6 cm³/mol. The number of hydrogen-bond donors (Lipinski definition) is 1. The monoisotopic (exact) mass is 212 g/mol. The van der Waals surface area contributed by atoms with Gasteiger partial charge >= 0.3 is 0 Å². The molecule has 0 saturated heterocycles. The fraction of sp³-hybridized carbons (Fsp3) is 0.818. The second kappa shape index (κ2) is 4.75. The van der Waals surface area contributed by atoms with Gasteiger partial charge in [0.15, 0.2) is 0 Å². The third-order valence-electron chi connectivity index (χ3n) is 3.26. The van der Waals surface area contributed by atoms with E-state index < -0.39 is 0 Å². The van der Waals surface area contributed by atoms with E-state index in [0.717, 1.165) is 12.8 Å². The topological polar surface area (TPSA) is 49.4 Å². The van der Waals surface area contributed by atoms with Gasteiger partial charge in [0.25, 0.3) is 0 Å². The van der Waals surface area contributed by atoms with E-state index in [2.05, 4.69) is 10.2 Å². The van der Waals surface area contributed by atoms with Crippen molar-refractivity contribution < 1.29 is 9.59 Å². The molecule has 86 valence electrons. The largest absolute Gasteiger partial charge is 0.354 e. The maximum atomic E-state index is 11.3. The summed E-state index contributed by atoms with van der Waals surface area (Å²) in [6.07, 6.45) is 3.48. The molecule has 1 N–H and O–H groups in total. The molecule has 0 unspecified atom stereocenters. The Hall–Kier alpha value is -0.900. The van der Waals surface area contributed by atoms with Crippen LogP contribution in [0.2, 0.25) is 0 Å². The molecule has 4 nitrogen and oxygen atoms in total. The first-order valence-corrected chi connectivity index (χ1v) is 5.40. The number of likely N-dealkylation sites (N-methyl/N-ethyl adjacent to an activating group) is 1. The van der Waals surface area contributed by atoms with Gasteiger partial charge in [0.1, 0.15) is 5.78 Å². The average Bonchev–Trinajstić information content (AvgIpc) is 1.99. The Morgan fingerprint density at radius 2 is 1.93 bits per heavy atom. The summed E-state index contributed by atoms with van der Waals surface area (Å²) in [6.45, 7) is 2.09. The first kappa shape index (κ1) is 12.2. The molecule has 0 bridgehead atoms. The maximum Gasteiger partial charge on any atom is 0.227 e. The summed E-state index contributed by atoms with van der Waals surface area (Å²) < 4.78 is 0. The van der Waals surface area contributed by atoms with Crippen molar-refractivity contribution in [1.82, 2.24) is 10.2 Å². The van der Waals surface area contributed by atoms with Crippen LogP contribution in [0.4, 0.5) is 0 Å². The van der Waals surface area contributed by atoms with Gasteiger partial charge in [0.2, 0.25) is 5.91 Å². The number of carbonyl (C=O) groups excluding carboxylic acids is 2. The first-order valence-electron chi connectivity index (χ1n) is 5.40. The lowest BCUT2D eigenvalue weighted by atomic mass is 9.75. The van der Waals surface area contributed by atoms with Crippen LogP contribution in [-0.2, 0) is 9.59 Å². The van der Waals surface area contributed by atoms with Crippen LogP contribution >= 0.6 is 0 Å². The molecule has 0 aliphatic heterocycles. The minimum absolute atomic E-state index is 0.00348. The van der Waals surface area contributed by atoms with E-state index in [0.29, 0.717) is 6.54 Å². The van der Waals surface area contributed by atoms with E-state index in [1.165, 1.54) is 13.3 Å². The van der Waals surface area contributed by atoms with Crippen LogP contribution < -0.4 is 5.32 Å². The Morgan fingerprint density at radius 3 is 2.27 bits per heavy atom. The summed E-state index contributed by atoms with van der Waals surface area (Å²) in [5, 5.41) is 2.84. The highest BCUT2D eigenvalue weighted by Crippen LogP contribution is 2.35. The molecule has 0 aromatic carbocycles. The summed E-state index contributed by atoms with van der Waals surface area (Å²) in [5.74, 6) is -0.240. The molecule has 1 amide bonds. The molecule has 0 heterocycles. The zero-order valence-corrected chi connectivity index (χ0v) is 9.80. The third-order valence-corrected chi connectivity index (χ3v) is 3.26. The quantitative estimate of drug-likeness (QED) is 0.678. The lowest BCUT2D eigenvalue weighted by Gasteiger charge is -2.47. The molecule has 0 aromatic rings. The number of hydrogen-bond acceptors (Lipinski definition) is 3. The van der Waals surface area contributed by atoms with E-state index in [4.69, 9.17) is 0 Å². The van der Waals surface area contributed by atoms with Crippen LogP contribution in [0.15, 0.2) is 0 Å². The number of carbonyl (C=O) groups is 2. The summed E-state index contributed by atoms with van der Waals surface area (Å²) in [5.41, 5.74) is 0.131. The molecule has 0 aromatic heterocycles. The van der Waals surface area contributed by atoms with Crippen molar-refractivity contribution in [3.63, 3.8) is 0 Å². The van der Waals surface area contributed by atoms with Crippen LogP contribution in [0, 0.1) is 0 Å². The number of Topliss-reactive ketones (excluding diaryl/α,β-unsaturated/α-hetero) is 1. The Kier molecular flexibility index (Phi) is 3.85. The average molecular weight is 212 g/mol. The van der Waals surface area contributed by atoms with Gasteiger partial charge in [-0.2, -0.15) is 0 Å². The number of nitrogens with one attached hydrogen (secondary N) is 1. The van der Waals surface area contributed by atoms with Gasteiger partial charge in [0.05, 0.1) is 6.42 Å². The molecule has 1 aliphatic rings. The molecule has 0 atom stereocenters. The molecule has 1 fully saturated rings. The van der Waals surface area contributed by atoms with Crippen molar-refractivity contribution in [1.29, 1.82) is 0 Å². The van der Waals surface area contributed by atoms with Crippen molar-refractivity contribution >= 4 is 11.7 Å². The van der Waals surface area contributed by atoms with Crippen LogP contribution in [0.1, 0.15) is 32.6 Å². The predicted octanol–water partition coefficient (Wildman–Crippen LogP) is 0.566. The Balaban J connectivity index is 2.35. The zero-order valence-electron chi connectivity index (χ0n) is 9.80. The molecule has 0 spiro atoms. The Labute approximate surface area is 91.0 Å². The summed E-state index contributed by atoms with van der Waals surface area (Å²) >= 11 is 0. The van der Waals surface area contributed by atoms with E-state index >= 15 is 0 Å². The van der Waals surface area contributed by atoms with Crippen molar-refractivity contribution in [3.8, 4) is 0 Å². The standard InChI is InChI=1S/C11H20N2O2/c1-9(14)7-10(15)12-8-11(13(2)3)5-4-6-11/h4-8H2,1-3H3,(H,12,15). The van der Waals surface area contributed by atoms with Gasteiger partial charge in [-0.25, -0.2) is 0 Å². The number of rotatable bonds is 5. The molecule has 1 aliphatic carbocycles. The van der Waals surface area contributed by atoms with Crippen molar-refractivity contribution in [2.75, 3.05) is 20.6 Å². The highest BCUT2D eigenvalue weighted by atomic mass is 16.2. The highest BCUT2D eigenvalue weighted by molar-refractivity contribution is 5.96. The van der Waals surface area contributed by atoms with E-state index in [1.54, 1.807) is 0 Å². The summed E-state index contributed by atoms with van der Waals surface area (Å²) in [7, 11) is 4.08. The maximum absolute atomic E-state index is 11.3. The first-order chi connectivity index (χ1) is 6.96. The Morgan fingerprint density at radius 1 is 1.33 bits per heavy atom. The fourth-order valence-electron chi connectivity index (χ4n) is 1.92. The smallest absolute Gasteiger partial charge is 0.227 e. The fourth-order valence-corrected chi connectivity index (χ4v) is 1.92. The van der Waals surface area contributed by atoms with Gasteiger partial charge < -0.3 is 10.2 Å². The van der Waals surface area contributed by atoms with Crippen molar-refractivity contribution in [2.45, 2.75) is 38.1 Å². The van der Waals surface area contributed by atoms with Crippen molar-refractivity contribution in [2.24, 2.45) is 0 Å². The third kappa shape index (κ3) is 3.02. The van der Waals surface area contributed by atoms with Gasteiger partial charge in [-0.05, 0) is 40.3 Å². The molecule has 15 heavy (non-hydrogen) atoms. The molecule has 1 rings (SSSR count). The molecular formula is C11H20N2O2. The minimum Gasteiger partial charge on any atom is -0.354 e. The number of nitrogens with zero attached hydrogens (tertiary/aromatic N) is 1. The van der Waals surface area contributed by atoms with Gasteiger partial charge in [-0.3, -0.25) is 9.59 Å². The number of ketones is 1. The normalized spacial score (nSPS) is 18.4. The van der Waals surface area contributed by atoms with Crippen LogP contribution in [0.3, 0.4) is 0 Å². The molecule has 0 radical (unpaired) electrons. The van der Waals surface area contributed by atoms with Gasteiger partial charge in [0, 0.05) is 12.1 Å². The summed E-state index contributed by atoms with van der Waals surface area (Å²) in [6, 6.07) is 0. The van der Waals surface area contributed by atoms with Crippen molar-refractivity contribution in [3.05, 3.63) is 0 Å². The SMILES string of the molecule is CC(=O)CC(=O)NCC1(N(C)C)CCC1. The molecule has 4 heteroatoms. The van der Waals surface area contributed by atoms with Gasteiger partial charge in [-0.1, -0.05) is 0 Å². The second-order valence-electron chi connectivity index (χ2n) is 4.63. The Bertz CT molecular complexity index is 257. The second-order valence-corrected chi connectivity index (χ2v) is 4.63. The van der Waals surface area contributed by atoms with Crippen LogP contribution in [0.25, 0.3) is 0 Å². The van der Waals surface area contributed by atoms with E-state index in [-0.39, 0.29) is 23.7 Å². The lowest BCUT2D eigenvalue weighted by molar-refractivity contribution is -0.127. The van der Waals surface area contributed by atoms with Crippen LogP contribution in [-0.4, -0.2) is 42.8 Å².